The van der Waals surface area contributed by atoms with Crippen molar-refractivity contribution in [3.63, 3.8) is 0 Å². The van der Waals surface area contributed by atoms with Gasteiger partial charge in [-0.05, 0) is 31.0 Å². The van der Waals surface area contributed by atoms with Crippen molar-refractivity contribution in [1.82, 2.24) is 15.3 Å². The molecule has 0 spiro atoms. The highest BCUT2D eigenvalue weighted by atomic mass is 14.9. The number of nitrogens with one attached hydrogen (secondary N) is 1. The maximum Gasteiger partial charge on any atom is 0.115 e. The molecule has 1 heterocycles. The smallest absolute Gasteiger partial charge is 0.115 e. The van der Waals surface area contributed by atoms with E-state index in [1.165, 1.54) is 11.1 Å². The molecule has 1 aromatic carbocycles. The Bertz CT molecular complexity index is 454. The van der Waals surface area contributed by atoms with Crippen LogP contribution < -0.4 is 5.32 Å². The van der Waals surface area contributed by atoms with E-state index in [1.54, 1.807) is 6.33 Å². The molecule has 1 N–H and O–H groups in total. The molecule has 0 aliphatic heterocycles. The Morgan fingerprint density at radius 1 is 1.12 bits per heavy atom. The average Bonchev–Trinajstić information content (AvgIpc) is 2.38. The molecular formula is C14H17N3. The van der Waals surface area contributed by atoms with E-state index in [9.17, 15) is 0 Å². The van der Waals surface area contributed by atoms with Gasteiger partial charge in [0.25, 0.3) is 0 Å². The summed E-state index contributed by atoms with van der Waals surface area (Å²) in [6.45, 7) is 3.95. The minimum atomic E-state index is 0.826. The fourth-order valence-electron chi connectivity index (χ4n) is 1.77. The summed E-state index contributed by atoms with van der Waals surface area (Å²) < 4.78 is 0. The molecule has 0 unspecified atom stereocenters. The highest BCUT2D eigenvalue weighted by Crippen LogP contribution is 2.06. The van der Waals surface area contributed by atoms with Crippen LogP contribution in [0.15, 0.2) is 43.0 Å². The van der Waals surface area contributed by atoms with Gasteiger partial charge in [-0.2, -0.15) is 0 Å². The van der Waals surface area contributed by atoms with Gasteiger partial charge in [-0.15, -0.1) is 0 Å². The SMILES string of the molecule is Cc1ccccc1CCNCc1cncnc1. The summed E-state index contributed by atoms with van der Waals surface area (Å²) in [6, 6.07) is 8.50. The first-order valence-electron chi connectivity index (χ1n) is 5.85. The first-order valence-corrected chi connectivity index (χ1v) is 5.85. The highest BCUT2D eigenvalue weighted by Gasteiger charge is 1.97. The maximum absolute atomic E-state index is 3.98. The molecule has 0 saturated heterocycles. The zero-order valence-corrected chi connectivity index (χ0v) is 10.1. The third-order valence-corrected chi connectivity index (χ3v) is 2.78. The summed E-state index contributed by atoms with van der Waals surface area (Å²) >= 11 is 0. The van der Waals surface area contributed by atoms with Crippen LogP contribution in [0.5, 0.6) is 0 Å². The van der Waals surface area contributed by atoms with Gasteiger partial charge in [-0.25, -0.2) is 9.97 Å². The number of hydrogen-bond donors (Lipinski definition) is 1. The Hall–Kier alpha value is -1.74. The zero-order chi connectivity index (χ0) is 11.9. The molecule has 3 heteroatoms. The van der Waals surface area contributed by atoms with Crippen molar-refractivity contribution in [2.75, 3.05) is 6.54 Å². The first kappa shape index (κ1) is 11.7. The van der Waals surface area contributed by atoms with E-state index in [1.807, 2.05) is 12.4 Å². The van der Waals surface area contributed by atoms with Crippen LogP contribution in [0.4, 0.5) is 0 Å². The quantitative estimate of drug-likeness (QED) is 0.795. The molecule has 0 fully saturated rings. The molecule has 17 heavy (non-hydrogen) atoms. The van der Waals surface area contributed by atoms with Crippen LogP contribution in [-0.2, 0) is 13.0 Å². The molecule has 0 atom stereocenters. The van der Waals surface area contributed by atoms with Crippen LogP contribution >= 0.6 is 0 Å². The van der Waals surface area contributed by atoms with E-state index < -0.39 is 0 Å². The number of benzene rings is 1. The van der Waals surface area contributed by atoms with Crippen LogP contribution in [0.25, 0.3) is 0 Å². The normalized spacial score (nSPS) is 10.4. The molecule has 0 aliphatic rings. The van der Waals surface area contributed by atoms with Crippen molar-refractivity contribution in [2.24, 2.45) is 0 Å². The Labute approximate surface area is 102 Å². The van der Waals surface area contributed by atoms with E-state index in [2.05, 4.69) is 46.5 Å². The Morgan fingerprint density at radius 2 is 1.88 bits per heavy atom. The lowest BCUT2D eigenvalue weighted by atomic mass is 10.1. The van der Waals surface area contributed by atoms with E-state index >= 15 is 0 Å². The van der Waals surface area contributed by atoms with Gasteiger partial charge in [0.2, 0.25) is 0 Å². The van der Waals surface area contributed by atoms with Crippen LogP contribution in [0.2, 0.25) is 0 Å². The van der Waals surface area contributed by atoms with Crippen molar-refractivity contribution in [2.45, 2.75) is 19.9 Å². The molecule has 1 aromatic heterocycles. The van der Waals surface area contributed by atoms with Gasteiger partial charge in [0.15, 0.2) is 0 Å². The second-order valence-corrected chi connectivity index (χ2v) is 4.10. The highest BCUT2D eigenvalue weighted by molar-refractivity contribution is 5.25. The van der Waals surface area contributed by atoms with Crippen molar-refractivity contribution >= 4 is 0 Å². The first-order chi connectivity index (χ1) is 8.36. The Kier molecular flexibility index (Phi) is 4.22. The molecule has 88 valence electrons. The van der Waals surface area contributed by atoms with Crippen molar-refractivity contribution < 1.29 is 0 Å². The number of hydrogen-bond acceptors (Lipinski definition) is 3. The lowest BCUT2D eigenvalue weighted by molar-refractivity contribution is 0.681. The molecule has 2 aromatic rings. The Morgan fingerprint density at radius 3 is 2.65 bits per heavy atom. The third-order valence-electron chi connectivity index (χ3n) is 2.78. The molecule has 0 saturated carbocycles. The molecule has 0 amide bonds. The van der Waals surface area contributed by atoms with Gasteiger partial charge in [-0.3, -0.25) is 0 Å². The third kappa shape index (κ3) is 3.64. The van der Waals surface area contributed by atoms with Gasteiger partial charge in [-0.1, -0.05) is 24.3 Å². The number of aryl methyl sites for hydroxylation is 1. The summed E-state index contributed by atoms with van der Waals surface area (Å²) in [6.07, 6.45) is 6.29. The van der Waals surface area contributed by atoms with Gasteiger partial charge >= 0.3 is 0 Å². The molecule has 0 aliphatic carbocycles. The monoisotopic (exact) mass is 227 g/mol. The van der Waals surface area contributed by atoms with E-state index in [4.69, 9.17) is 0 Å². The molecule has 0 radical (unpaired) electrons. The maximum atomic E-state index is 3.98. The zero-order valence-electron chi connectivity index (χ0n) is 10.1. The van der Waals surface area contributed by atoms with Crippen molar-refractivity contribution in [1.29, 1.82) is 0 Å². The number of nitrogens with zero attached hydrogens (tertiary/aromatic N) is 2. The van der Waals surface area contributed by atoms with Gasteiger partial charge in [0, 0.05) is 24.5 Å². The molecule has 3 nitrogen and oxygen atoms in total. The van der Waals surface area contributed by atoms with Gasteiger partial charge in [0.05, 0.1) is 0 Å². The van der Waals surface area contributed by atoms with E-state index in [0.29, 0.717) is 0 Å². The summed E-state index contributed by atoms with van der Waals surface area (Å²) in [5.41, 5.74) is 3.89. The summed E-state index contributed by atoms with van der Waals surface area (Å²) in [4.78, 5) is 7.97. The second-order valence-electron chi connectivity index (χ2n) is 4.10. The standard InChI is InChI=1S/C14H17N3/c1-12-4-2-3-5-14(12)6-7-15-8-13-9-16-11-17-10-13/h2-5,9-11,15H,6-8H2,1H3. The fraction of sp³-hybridized carbons (Fsp3) is 0.286. The fourth-order valence-corrected chi connectivity index (χ4v) is 1.77. The minimum absolute atomic E-state index is 0.826. The Balaban J connectivity index is 1.76. The lowest BCUT2D eigenvalue weighted by Gasteiger charge is -2.06. The van der Waals surface area contributed by atoms with Crippen LogP contribution in [0, 0.1) is 6.92 Å². The minimum Gasteiger partial charge on any atom is -0.312 e. The lowest BCUT2D eigenvalue weighted by Crippen LogP contribution is -2.17. The second kappa shape index (κ2) is 6.11. The van der Waals surface area contributed by atoms with Crippen LogP contribution in [-0.4, -0.2) is 16.5 Å². The van der Waals surface area contributed by atoms with E-state index in [0.717, 1.165) is 25.1 Å². The van der Waals surface area contributed by atoms with Gasteiger partial charge < -0.3 is 5.32 Å². The number of aromatic nitrogens is 2. The topological polar surface area (TPSA) is 37.8 Å². The predicted octanol–water partition coefficient (Wildman–Crippen LogP) is 2.12. The molecular weight excluding hydrogens is 210 g/mol. The summed E-state index contributed by atoms with van der Waals surface area (Å²) in [7, 11) is 0. The molecule has 2 rings (SSSR count). The largest absolute Gasteiger partial charge is 0.312 e. The van der Waals surface area contributed by atoms with Crippen LogP contribution in [0.3, 0.4) is 0 Å². The van der Waals surface area contributed by atoms with Gasteiger partial charge in [0.1, 0.15) is 6.33 Å². The average molecular weight is 227 g/mol. The summed E-state index contributed by atoms with van der Waals surface area (Å²) in [5, 5.41) is 3.40. The van der Waals surface area contributed by atoms with E-state index in [-0.39, 0.29) is 0 Å². The molecule has 0 bridgehead atoms. The number of rotatable bonds is 5. The summed E-state index contributed by atoms with van der Waals surface area (Å²) in [5.74, 6) is 0. The van der Waals surface area contributed by atoms with Crippen LogP contribution in [0.1, 0.15) is 16.7 Å². The van der Waals surface area contributed by atoms with Crippen molar-refractivity contribution in [3.8, 4) is 0 Å². The predicted molar refractivity (Wildman–Crippen MR) is 68.6 cm³/mol. The van der Waals surface area contributed by atoms with Crippen molar-refractivity contribution in [3.05, 3.63) is 59.7 Å².